The lowest BCUT2D eigenvalue weighted by Gasteiger charge is -2.18. The van der Waals surface area contributed by atoms with Crippen LogP contribution in [0.3, 0.4) is 0 Å². The first-order valence-corrected chi connectivity index (χ1v) is 7.07. The summed E-state index contributed by atoms with van der Waals surface area (Å²) in [6.45, 7) is 5.43. The molecule has 20 heavy (non-hydrogen) atoms. The Morgan fingerprint density at radius 1 is 1.30 bits per heavy atom. The average molecular weight is 270 g/mol. The summed E-state index contributed by atoms with van der Waals surface area (Å²) in [6.07, 6.45) is 4.62. The second-order valence-corrected chi connectivity index (χ2v) is 4.95. The molecule has 1 atom stereocenters. The third-order valence-electron chi connectivity index (χ3n) is 3.48. The molecule has 0 fully saturated rings. The van der Waals surface area contributed by atoms with E-state index in [1.165, 1.54) is 16.7 Å². The van der Waals surface area contributed by atoms with Crippen LogP contribution in [0.15, 0.2) is 42.7 Å². The topological polar surface area (TPSA) is 48.1 Å². The summed E-state index contributed by atoms with van der Waals surface area (Å²) in [6, 6.07) is 10.3. The molecule has 0 spiro atoms. The van der Waals surface area contributed by atoms with Crippen molar-refractivity contribution < 1.29 is 4.74 Å². The standard InChI is InChI=1S/C17H22N2O/c1-3-20-16-6-7-17(13(2)9-16)15(11-18)10-14-5-4-8-19-12-14/h4-9,12,15H,3,10-11,18H2,1-2H3. The van der Waals surface area contributed by atoms with Crippen molar-refractivity contribution in [1.29, 1.82) is 0 Å². The van der Waals surface area contributed by atoms with Gasteiger partial charge in [-0.1, -0.05) is 12.1 Å². The molecule has 3 nitrogen and oxygen atoms in total. The second-order valence-electron chi connectivity index (χ2n) is 4.95. The van der Waals surface area contributed by atoms with Crippen LogP contribution in [-0.2, 0) is 6.42 Å². The summed E-state index contributed by atoms with van der Waals surface area (Å²) in [5.74, 6) is 1.24. The summed E-state index contributed by atoms with van der Waals surface area (Å²) in [7, 11) is 0. The number of benzene rings is 1. The van der Waals surface area contributed by atoms with Crippen LogP contribution in [0, 0.1) is 6.92 Å². The van der Waals surface area contributed by atoms with Gasteiger partial charge in [0.05, 0.1) is 6.61 Å². The number of hydrogen-bond acceptors (Lipinski definition) is 3. The fraction of sp³-hybridized carbons (Fsp3) is 0.353. The van der Waals surface area contributed by atoms with Crippen LogP contribution in [0.1, 0.15) is 29.5 Å². The Kier molecular flexibility index (Phi) is 5.13. The third-order valence-corrected chi connectivity index (χ3v) is 3.48. The monoisotopic (exact) mass is 270 g/mol. The van der Waals surface area contributed by atoms with E-state index in [0.29, 0.717) is 19.1 Å². The minimum Gasteiger partial charge on any atom is -0.494 e. The van der Waals surface area contributed by atoms with Crippen molar-refractivity contribution in [3.8, 4) is 5.75 Å². The highest BCUT2D eigenvalue weighted by molar-refractivity contribution is 5.38. The fourth-order valence-corrected chi connectivity index (χ4v) is 2.49. The number of rotatable bonds is 6. The van der Waals surface area contributed by atoms with E-state index in [1.54, 1.807) is 6.20 Å². The average Bonchev–Trinajstić information content (AvgIpc) is 2.47. The number of ether oxygens (including phenoxy) is 1. The van der Waals surface area contributed by atoms with Crippen LogP contribution in [0.4, 0.5) is 0 Å². The molecule has 0 aliphatic rings. The molecular weight excluding hydrogens is 248 g/mol. The maximum atomic E-state index is 5.97. The minimum absolute atomic E-state index is 0.315. The molecule has 0 aliphatic heterocycles. The summed E-state index contributed by atoms with van der Waals surface area (Å²) in [5.41, 5.74) is 9.71. The van der Waals surface area contributed by atoms with E-state index in [0.717, 1.165) is 12.2 Å². The van der Waals surface area contributed by atoms with Crippen LogP contribution < -0.4 is 10.5 Å². The summed E-state index contributed by atoms with van der Waals surface area (Å²) >= 11 is 0. The van der Waals surface area contributed by atoms with Crippen molar-refractivity contribution in [2.24, 2.45) is 5.73 Å². The number of nitrogens with two attached hydrogens (primary N) is 1. The molecule has 0 saturated heterocycles. The zero-order valence-corrected chi connectivity index (χ0v) is 12.2. The van der Waals surface area contributed by atoms with E-state index in [9.17, 15) is 0 Å². The molecule has 1 aromatic carbocycles. The van der Waals surface area contributed by atoms with E-state index in [4.69, 9.17) is 10.5 Å². The van der Waals surface area contributed by atoms with Gasteiger partial charge in [-0.05, 0) is 61.7 Å². The molecule has 3 heteroatoms. The van der Waals surface area contributed by atoms with Crippen LogP contribution in [0.5, 0.6) is 5.75 Å². The van der Waals surface area contributed by atoms with E-state index in [2.05, 4.69) is 30.1 Å². The Morgan fingerprint density at radius 2 is 2.15 bits per heavy atom. The van der Waals surface area contributed by atoms with E-state index < -0.39 is 0 Å². The molecule has 106 valence electrons. The van der Waals surface area contributed by atoms with Gasteiger partial charge in [0, 0.05) is 18.3 Å². The zero-order chi connectivity index (χ0) is 14.4. The molecule has 2 aromatic rings. The smallest absolute Gasteiger partial charge is 0.119 e. The molecule has 2 N–H and O–H groups in total. The number of pyridine rings is 1. The highest BCUT2D eigenvalue weighted by Crippen LogP contribution is 2.26. The molecule has 1 unspecified atom stereocenters. The van der Waals surface area contributed by atoms with Gasteiger partial charge < -0.3 is 10.5 Å². The minimum atomic E-state index is 0.315. The van der Waals surface area contributed by atoms with Crippen LogP contribution >= 0.6 is 0 Å². The van der Waals surface area contributed by atoms with Gasteiger partial charge in [-0.2, -0.15) is 0 Å². The van der Waals surface area contributed by atoms with Gasteiger partial charge in [0.2, 0.25) is 0 Å². The van der Waals surface area contributed by atoms with Gasteiger partial charge in [-0.25, -0.2) is 0 Å². The van der Waals surface area contributed by atoms with Crippen molar-refractivity contribution in [1.82, 2.24) is 4.98 Å². The van der Waals surface area contributed by atoms with Crippen LogP contribution in [0.25, 0.3) is 0 Å². The van der Waals surface area contributed by atoms with E-state index in [1.807, 2.05) is 25.3 Å². The van der Waals surface area contributed by atoms with Crippen LogP contribution in [0.2, 0.25) is 0 Å². The zero-order valence-electron chi connectivity index (χ0n) is 12.2. The lowest BCUT2D eigenvalue weighted by atomic mass is 9.89. The molecule has 2 rings (SSSR count). The number of nitrogens with zero attached hydrogens (tertiary/aromatic N) is 1. The Hall–Kier alpha value is -1.87. The highest BCUT2D eigenvalue weighted by atomic mass is 16.5. The summed E-state index contributed by atoms with van der Waals surface area (Å²) in [4.78, 5) is 4.17. The largest absolute Gasteiger partial charge is 0.494 e. The Labute approximate surface area is 120 Å². The van der Waals surface area contributed by atoms with Crippen molar-refractivity contribution >= 4 is 0 Å². The number of aryl methyl sites for hydroxylation is 1. The van der Waals surface area contributed by atoms with Crippen molar-refractivity contribution in [2.45, 2.75) is 26.2 Å². The lowest BCUT2D eigenvalue weighted by molar-refractivity contribution is 0.340. The van der Waals surface area contributed by atoms with E-state index >= 15 is 0 Å². The van der Waals surface area contributed by atoms with Gasteiger partial charge in [0.15, 0.2) is 0 Å². The number of aromatic nitrogens is 1. The van der Waals surface area contributed by atoms with Crippen LogP contribution in [-0.4, -0.2) is 18.1 Å². The van der Waals surface area contributed by atoms with Gasteiger partial charge in [-0.15, -0.1) is 0 Å². The molecule has 0 amide bonds. The van der Waals surface area contributed by atoms with Gasteiger partial charge >= 0.3 is 0 Å². The number of hydrogen-bond donors (Lipinski definition) is 1. The first-order chi connectivity index (χ1) is 9.74. The molecule has 0 saturated carbocycles. The first-order valence-electron chi connectivity index (χ1n) is 7.07. The Balaban J connectivity index is 2.19. The second kappa shape index (κ2) is 7.06. The van der Waals surface area contributed by atoms with E-state index in [-0.39, 0.29) is 0 Å². The molecule has 0 bridgehead atoms. The van der Waals surface area contributed by atoms with Gasteiger partial charge in [0.1, 0.15) is 5.75 Å². The molecular formula is C17H22N2O. The highest BCUT2D eigenvalue weighted by Gasteiger charge is 2.13. The van der Waals surface area contributed by atoms with Gasteiger partial charge in [0.25, 0.3) is 0 Å². The maximum absolute atomic E-state index is 5.97. The van der Waals surface area contributed by atoms with Crippen molar-refractivity contribution in [3.05, 3.63) is 59.4 Å². The van der Waals surface area contributed by atoms with Gasteiger partial charge in [-0.3, -0.25) is 4.98 Å². The van der Waals surface area contributed by atoms with Crippen molar-refractivity contribution in [2.75, 3.05) is 13.2 Å². The maximum Gasteiger partial charge on any atom is 0.119 e. The molecule has 1 heterocycles. The predicted octanol–water partition coefficient (Wildman–Crippen LogP) is 3.07. The molecule has 0 radical (unpaired) electrons. The Morgan fingerprint density at radius 3 is 2.75 bits per heavy atom. The first kappa shape index (κ1) is 14.5. The van der Waals surface area contributed by atoms with Crippen molar-refractivity contribution in [3.63, 3.8) is 0 Å². The SMILES string of the molecule is CCOc1ccc(C(CN)Cc2cccnc2)c(C)c1. The third kappa shape index (κ3) is 3.58. The normalized spacial score (nSPS) is 12.2. The molecule has 1 aromatic heterocycles. The lowest BCUT2D eigenvalue weighted by Crippen LogP contribution is -2.16. The fourth-order valence-electron chi connectivity index (χ4n) is 2.49. The molecule has 0 aliphatic carbocycles. The summed E-state index contributed by atoms with van der Waals surface area (Å²) < 4.78 is 5.53. The quantitative estimate of drug-likeness (QED) is 0.877. The predicted molar refractivity (Wildman–Crippen MR) is 82.1 cm³/mol. The Bertz CT molecular complexity index is 540. The summed E-state index contributed by atoms with van der Waals surface area (Å²) in [5, 5.41) is 0.